The van der Waals surface area contributed by atoms with Crippen LogP contribution in [0.25, 0.3) is 22.4 Å². The summed E-state index contributed by atoms with van der Waals surface area (Å²) in [4.78, 5) is 20.0. The third-order valence-corrected chi connectivity index (χ3v) is 3.98. The van der Waals surface area contributed by atoms with E-state index in [1.54, 1.807) is 12.1 Å². The maximum absolute atomic E-state index is 12.2. The maximum atomic E-state index is 12.2. The first-order chi connectivity index (χ1) is 13.3. The van der Waals surface area contributed by atoms with E-state index in [1.807, 2.05) is 36.4 Å². The Morgan fingerprint density at radius 3 is 2.48 bits per heavy atom. The second-order valence-electron chi connectivity index (χ2n) is 5.95. The van der Waals surface area contributed by atoms with Gasteiger partial charge in [0, 0.05) is 24.2 Å². The first kappa shape index (κ1) is 19.0. The Hall–Kier alpha value is -2.74. The van der Waals surface area contributed by atoms with E-state index in [0.717, 1.165) is 22.4 Å². The zero-order valence-electron chi connectivity index (χ0n) is 15.1. The van der Waals surface area contributed by atoms with E-state index < -0.39 is 0 Å². The van der Waals surface area contributed by atoms with Crippen LogP contribution < -0.4 is 11.1 Å². The average Bonchev–Trinajstić information content (AvgIpc) is 3.14. The summed E-state index contributed by atoms with van der Waals surface area (Å²) in [5.41, 5.74) is 8.76. The van der Waals surface area contributed by atoms with Gasteiger partial charge < -0.3 is 25.5 Å². The lowest BCUT2D eigenvalue weighted by Crippen LogP contribution is -2.27. The molecule has 0 aliphatic rings. The van der Waals surface area contributed by atoms with E-state index in [0.29, 0.717) is 45.1 Å². The van der Waals surface area contributed by atoms with Gasteiger partial charge in [-0.05, 0) is 24.3 Å². The van der Waals surface area contributed by atoms with Gasteiger partial charge in [0.2, 0.25) is 0 Å². The molecule has 1 heterocycles. The average molecular weight is 368 g/mol. The summed E-state index contributed by atoms with van der Waals surface area (Å²) in [6.07, 6.45) is 0. The van der Waals surface area contributed by atoms with Crippen LogP contribution in [0.1, 0.15) is 10.4 Å². The molecule has 0 aliphatic heterocycles. The van der Waals surface area contributed by atoms with Gasteiger partial charge in [-0.3, -0.25) is 4.79 Å². The zero-order valence-corrected chi connectivity index (χ0v) is 15.1. The topological polar surface area (TPSA) is 102 Å². The number of hydrogen-bond donors (Lipinski definition) is 3. The number of carbonyl (C=O) groups is 1. The Morgan fingerprint density at radius 2 is 1.74 bits per heavy atom. The van der Waals surface area contributed by atoms with Crippen LogP contribution in [0.4, 0.5) is 0 Å². The van der Waals surface area contributed by atoms with Gasteiger partial charge in [0.05, 0.1) is 37.5 Å². The monoisotopic (exact) mass is 368 g/mol. The van der Waals surface area contributed by atoms with E-state index in [-0.39, 0.29) is 5.91 Å². The minimum atomic E-state index is -0.130. The quantitative estimate of drug-likeness (QED) is 0.475. The summed E-state index contributed by atoms with van der Waals surface area (Å²) in [6, 6.07) is 15.2. The molecule has 0 bridgehead atoms. The number of hydrogen-bond acceptors (Lipinski definition) is 5. The predicted molar refractivity (Wildman–Crippen MR) is 105 cm³/mol. The number of nitrogens with zero attached hydrogens (tertiary/aromatic N) is 1. The normalized spacial score (nSPS) is 11.0. The fourth-order valence-corrected chi connectivity index (χ4v) is 2.61. The molecule has 1 amide bonds. The van der Waals surface area contributed by atoms with Crippen molar-refractivity contribution >= 4 is 16.9 Å². The van der Waals surface area contributed by atoms with E-state index in [2.05, 4.69) is 15.3 Å². The number of para-hydroxylation sites is 2. The molecule has 142 valence electrons. The lowest BCUT2D eigenvalue weighted by atomic mass is 10.1. The highest BCUT2D eigenvalue weighted by molar-refractivity contribution is 5.94. The van der Waals surface area contributed by atoms with E-state index in [1.165, 1.54) is 0 Å². The van der Waals surface area contributed by atoms with Crippen molar-refractivity contribution in [3.05, 3.63) is 54.1 Å². The fourth-order valence-electron chi connectivity index (χ4n) is 2.61. The number of nitrogens with two attached hydrogens (primary N) is 1. The number of aromatic nitrogens is 2. The van der Waals surface area contributed by atoms with Gasteiger partial charge in [0.1, 0.15) is 5.82 Å². The van der Waals surface area contributed by atoms with Crippen LogP contribution in [0.2, 0.25) is 0 Å². The van der Waals surface area contributed by atoms with Crippen molar-refractivity contribution in [3.63, 3.8) is 0 Å². The highest BCUT2D eigenvalue weighted by Gasteiger charge is 2.08. The van der Waals surface area contributed by atoms with Gasteiger partial charge in [-0.2, -0.15) is 0 Å². The van der Waals surface area contributed by atoms with Crippen LogP contribution in [0.3, 0.4) is 0 Å². The molecule has 0 unspecified atom stereocenters. The van der Waals surface area contributed by atoms with Gasteiger partial charge >= 0.3 is 0 Å². The summed E-state index contributed by atoms with van der Waals surface area (Å²) < 4.78 is 10.6. The molecule has 27 heavy (non-hydrogen) atoms. The van der Waals surface area contributed by atoms with Crippen molar-refractivity contribution in [3.8, 4) is 11.4 Å². The number of amides is 1. The number of benzene rings is 2. The minimum absolute atomic E-state index is 0.130. The molecule has 0 fully saturated rings. The largest absolute Gasteiger partial charge is 0.378 e. The van der Waals surface area contributed by atoms with Crippen LogP contribution in [0.15, 0.2) is 48.5 Å². The molecule has 7 nitrogen and oxygen atoms in total. The summed E-state index contributed by atoms with van der Waals surface area (Å²) in [7, 11) is 0. The molecular formula is C20H24N4O3. The van der Waals surface area contributed by atoms with E-state index >= 15 is 0 Å². The molecule has 4 N–H and O–H groups in total. The molecular weight excluding hydrogens is 344 g/mol. The fraction of sp³-hybridized carbons (Fsp3) is 0.300. The molecule has 0 radical (unpaired) electrons. The smallest absolute Gasteiger partial charge is 0.251 e. The number of nitrogens with one attached hydrogen (secondary N) is 2. The molecule has 0 spiro atoms. The minimum Gasteiger partial charge on any atom is -0.378 e. The van der Waals surface area contributed by atoms with Crippen molar-refractivity contribution in [2.24, 2.45) is 5.73 Å². The first-order valence-electron chi connectivity index (χ1n) is 8.97. The SMILES string of the molecule is NCCOCCOCCNC(=O)c1ccc(-c2nc3ccccc3[nH]2)cc1. The van der Waals surface area contributed by atoms with Gasteiger partial charge in [-0.15, -0.1) is 0 Å². The van der Waals surface area contributed by atoms with E-state index in [9.17, 15) is 4.79 Å². The summed E-state index contributed by atoms with van der Waals surface area (Å²) in [6.45, 7) is 2.92. The third-order valence-electron chi connectivity index (χ3n) is 3.98. The number of fused-ring (bicyclic) bond motifs is 1. The Labute approximate surface area is 157 Å². The van der Waals surface area contributed by atoms with Crippen molar-refractivity contribution in [1.29, 1.82) is 0 Å². The molecule has 0 atom stereocenters. The molecule has 0 saturated heterocycles. The Kier molecular flexibility index (Phi) is 6.92. The summed E-state index contributed by atoms with van der Waals surface area (Å²) in [5.74, 6) is 0.655. The molecule has 0 saturated carbocycles. The first-order valence-corrected chi connectivity index (χ1v) is 8.97. The lowest BCUT2D eigenvalue weighted by molar-refractivity contribution is 0.0511. The molecule has 3 rings (SSSR count). The van der Waals surface area contributed by atoms with Crippen molar-refractivity contribution in [2.45, 2.75) is 0 Å². The Bertz CT molecular complexity index is 828. The van der Waals surface area contributed by atoms with Gasteiger partial charge in [-0.1, -0.05) is 24.3 Å². The predicted octanol–water partition coefficient (Wildman–Crippen LogP) is 1.95. The number of imidazole rings is 1. The number of carbonyl (C=O) groups excluding carboxylic acids is 1. The number of rotatable bonds is 10. The summed E-state index contributed by atoms with van der Waals surface area (Å²) in [5, 5.41) is 2.83. The van der Waals surface area contributed by atoms with E-state index in [4.69, 9.17) is 15.2 Å². The molecule has 3 aromatic rings. The Balaban J connectivity index is 1.46. The number of H-pyrrole nitrogens is 1. The summed E-state index contributed by atoms with van der Waals surface area (Å²) >= 11 is 0. The molecule has 1 aromatic heterocycles. The zero-order chi connectivity index (χ0) is 18.9. The van der Waals surface area contributed by atoms with Crippen LogP contribution in [0.5, 0.6) is 0 Å². The number of ether oxygens (including phenoxy) is 2. The molecule has 2 aromatic carbocycles. The van der Waals surface area contributed by atoms with Crippen LogP contribution in [-0.2, 0) is 9.47 Å². The van der Waals surface area contributed by atoms with Gasteiger partial charge in [-0.25, -0.2) is 4.98 Å². The van der Waals surface area contributed by atoms with Crippen molar-refractivity contribution in [2.75, 3.05) is 39.5 Å². The third kappa shape index (κ3) is 5.37. The van der Waals surface area contributed by atoms with Gasteiger partial charge in [0.25, 0.3) is 5.91 Å². The van der Waals surface area contributed by atoms with Crippen LogP contribution in [0, 0.1) is 0 Å². The van der Waals surface area contributed by atoms with Crippen molar-refractivity contribution in [1.82, 2.24) is 15.3 Å². The van der Waals surface area contributed by atoms with Crippen molar-refractivity contribution < 1.29 is 14.3 Å². The van der Waals surface area contributed by atoms with Crippen LogP contribution >= 0.6 is 0 Å². The highest BCUT2D eigenvalue weighted by Crippen LogP contribution is 2.20. The number of aromatic amines is 1. The Morgan fingerprint density at radius 1 is 1.00 bits per heavy atom. The molecule has 0 aliphatic carbocycles. The van der Waals surface area contributed by atoms with Gasteiger partial charge in [0.15, 0.2) is 0 Å². The lowest BCUT2D eigenvalue weighted by Gasteiger charge is -2.07. The molecule has 7 heteroatoms. The van der Waals surface area contributed by atoms with Crippen LogP contribution in [-0.4, -0.2) is 55.4 Å². The highest BCUT2D eigenvalue weighted by atomic mass is 16.5. The second kappa shape index (κ2) is 9.82. The second-order valence-corrected chi connectivity index (χ2v) is 5.95. The standard InChI is InChI=1S/C20H24N4O3/c21-9-11-26-13-14-27-12-10-22-20(25)16-7-5-15(6-8-16)19-23-17-3-1-2-4-18(17)24-19/h1-8H,9-14,21H2,(H,22,25)(H,23,24). The maximum Gasteiger partial charge on any atom is 0.251 e.